The highest BCUT2D eigenvalue weighted by Crippen LogP contribution is 2.41. The quantitative estimate of drug-likeness (QED) is 0.725. The van der Waals surface area contributed by atoms with Gasteiger partial charge in [0, 0.05) is 5.69 Å². The molecule has 16 heavy (non-hydrogen) atoms. The summed E-state index contributed by atoms with van der Waals surface area (Å²) in [5.74, 6) is 0.210. The number of halogens is 3. The van der Waals surface area contributed by atoms with Gasteiger partial charge in [0.2, 0.25) is 0 Å². The first-order chi connectivity index (χ1) is 7.50. The van der Waals surface area contributed by atoms with Crippen molar-refractivity contribution in [3.05, 3.63) is 29.3 Å². The Kier molecular flexibility index (Phi) is 2.82. The molecule has 0 spiro atoms. The third-order valence-corrected chi connectivity index (χ3v) is 3.24. The van der Waals surface area contributed by atoms with Gasteiger partial charge in [0.25, 0.3) is 0 Å². The molecule has 1 aromatic rings. The first-order valence-electron chi connectivity index (χ1n) is 5.45. The molecule has 1 fully saturated rings. The maximum absolute atomic E-state index is 12.6. The molecule has 1 aromatic carbocycles. The molecule has 1 aliphatic rings. The van der Waals surface area contributed by atoms with Crippen molar-refractivity contribution in [2.45, 2.75) is 37.8 Å². The summed E-state index contributed by atoms with van der Waals surface area (Å²) in [6.45, 7) is 0. The minimum atomic E-state index is -4.35. The zero-order chi connectivity index (χ0) is 11.8. The molecule has 0 saturated heterocycles. The van der Waals surface area contributed by atoms with Crippen LogP contribution in [-0.2, 0) is 6.18 Å². The van der Waals surface area contributed by atoms with E-state index >= 15 is 0 Å². The first kappa shape index (κ1) is 11.3. The molecule has 2 N–H and O–H groups in total. The van der Waals surface area contributed by atoms with Crippen LogP contribution >= 0.6 is 0 Å². The van der Waals surface area contributed by atoms with Crippen LogP contribution in [0.25, 0.3) is 0 Å². The fourth-order valence-corrected chi connectivity index (χ4v) is 2.42. The van der Waals surface area contributed by atoms with Crippen molar-refractivity contribution in [1.82, 2.24) is 0 Å². The lowest BCUT2D eigenvalue weighted by atomic mass is 9.93. The van der Waals surface area contributed by atoms with Crippen LogP contribution in [0.2, 0.25) is 0 Å². The van der Waals surface area contributed by atoms with Crippen LogP contribution in [0.3, 0.4) is 0 Å². The van der Waals surface area contributed by atoms with Crippen LogP contribution < -0.4 is 5.73 Å². The maximum atomic E-state index is 12.6. The van der Waals surface area contributed by atoms with Crippen molar-refractivity contribution in [1.29, 1.82) is 0 Å². The van der Waals surface area contributed by atoms with Crippen LogP contribution in [0.1, 0.15) is 42.7 Å². The van der Waals surface area contributed by atoms with Crippen molar-refractivity contribution >= 4 is 5.69 Å². The van der Waals surface area contributed by atoms with Crippen molar-refractivity contribution in [3.8, 4) is 0 Å². The zero-order valence-corrected chi connectivity index (χ0v) is 8.85. The normalized spacial score (nSPS) is 17.9. The summed E-state index contributed by atoms with van der Waals surface area (Å²) in [4.78, 5) is 0. The minimum Gasteiger partial charge on any atom is -0.398 e. The second-order valence-corrected chi connectivity index (χ2v) is 4.29. The van der Waals surface area contributed by atoms with E-state index in [1.165, 1.54) is 6.07 Å². The van der Waals surface area contributed by atoms with Gasteiger partial charge in [0.05, 0.1) is 5.56 Å². The summed E-state index contributed by atoms with van der Waals surface area (Å²) < 4.78 is 37.9. The summed E-state index contributed by atoms with van der Waals surface area (Å²) in [5, 5.41) is 0. The molecule has 1 aliphatic carbocycles. The molecule has 0 heterocycles. The van der Waals surface area contributed by atoms with E-state index in [1.54, 1.807) is 6.07 Å². The van der Waals surface area contributed by atoms with Gasteiger partial charge in [0.15, 0.2) is 0 Å². The van der Waals surface area contributed by atoms with Gasteiger partial charge < -0.3 is 5.73 Å². The lowest BCUT2D eigenvalue weighted by Crippen LogP contribution is -2.11. The van der Waals surface area contributed by atoms with E-state index in [1.807, 2.05) is 0 Å². The van der Waals surface area contributed by atoms with E-state index in [0.29, 0.717) is 5.56 Å². The number of anilines is 1. The van der Waals surface area contributed by atoms with E-state index in [9.17, 15) is 13.2 Å². The number of nitrogen functional groups attached to an aromatic ring is 1. The molecule has 0 aromatic heterocycles. The molecule has 1 saturated carbocycles. The van der Waals surface area contributed by atoms with Gasteiger partial charge in [-0.05, 0) is 30.4 Å². The van der Waals surface area contributed by atoms with Gasteiger partial charge in [-0.3, -0.25) is 0 Å². The van der Waals surface area contributed by atoms with Crippen molar-refractivity contribution < 1.29 is 13.2 Å². The van der Waals surface area contributed by atoms with Crippen LogP contribution in [0, 0.1) is 0 Å². The first-order valence-corrected chi connectivity index (χ1v) is 5.45. The second kappa shape index (κ2) is 4.00. The fraction of sp³-hybridized carbons (Fsp3) is 0.500. The Bertz CT molecular complexity index is 378. The lowest BCUT2D eigenvalue weighted by Gasteiger charge is -2.17. The predicted molar refractivity (Wildman–Crippen MR) is 57.1 cm³/mol. The van der Waals surface area contributed by atoms with E-state index in [4.69, 9.17) is 5.73 Å². The Morgan fingerprint density at radius 1 is 1.12 bits per heavy atom. The molecule has 0 bridgehead atoms. The molecule has 1 nitrogen and oxygen atoms in total. The Balaban J connectivity index is 2.40. The second-order valence-electron chi connectivity index (χ2n) is 4.29. The highest BCUT2D eigenvalue weighted by atomic mass is 19.4. The smallest absolute Gasteiger partial charge is 0.398 e. The lowest BCUT2D eigenvalue weighted by molar-refractivity contribution is -0.136. The number of hydrogen-bond acceptors (Lipinski definition) is 1. The van der Waals surface area contributed by atoms with Crippen molar-refractivity contribution in [2.24, 2.45) is 0 Å². The third-order valence-electron chi connectivity index (χ3n) is 3.24. The van der Waals surface area contributed by atoms with Gasteiger partial charge in [-0.1, -0.05) is 25.0 Å². The summed E-state index contributed by atoms with van der Waals surface area (Å²) in [6, 6.07) is 4.22. The monoisotopic (exact) mass is 229 g/mol. The zero-order valence-electron chi connectivity index (χ0n) is 8.85. The molecule has 0 radical (unpaired) electrons. The highest BCUT2D eigenvalue weighted by Gasteiger charge is 2.34. The maximum Gasteiger partial charge on any atom is 0.418 e. The Labute approximate surface area is 92.5 Å². The summed E-state index contributed by atoms with van der Waals surface area (Å²) in [6.07, 6.45) is -0.281. The highest BCUT2D eigenvalue weighted by molar-refractivity contribution is 5.56. The standard InChI is InChI=1S/C12H14F3N/c13-12(14,15)10-7-3-6-9(11(10)16)8-4-1-2-5-8/h3,6-8H,1-2,4-5,16H2. The molecule has 88 valence electrons. The number of benzene rings is 1. The molecular weight excluding hydrogens is 215 g/mol. The average Bonchev–Trinajstić information content (AvgIpc) is 2.69. The molecule has 4 heteroatoms. The van der Waals surface area contributed by atoms with Crippen molar-refractivity contribution in [2.75, 3.05) is 5.73 Å². The van der Waals surface area contributed by atoms with Gasteiger partial charge in [-0.15, -0.1) is 0 Å². The number of hydrogen-bond donors (Lipinski definition) is 1. The van der Waals surface area contributed by atoms with Crippen molar-refractivity contribution in [3.63, 3.8) is 0 Å². The Hall–Kier alpha value is -1.19. The molecule has 0 aliphatic heterocycles. The summed E-state index contributed by atoms with van der Waals surface area (Å²) in [5.41, 5.74) is 5.52. The van der Waals surface area contributed by atoms with Crippen LogP contribution in [0.5, 0.6) is 0 Å². The molecule has 0 amide bonds. The van der Waals surface area contributed by atoms with Gasteiger partial charge >= 0.3 is 6.18 Å². The number of alkyl halides is 3. The molecule has 0 atom stereocenters. The van der Waals surface area contributed by atoms with E-state index in [-0.39, 0.29) is 11.6 Å². The largest absolute Gasteiger partial charge is 0.418 e. The van der Waals surface area contributed by atoms with Gasteiger partial charge in [-0.2, -0.15) is 13.2 Å². The van der Waals surface area contributed by atoms with Crippen LogP contribution in [0.15, 0.2) is 18.2 Å². The molecule has 0 unspecified atom stereocenters. The average molecular weight is 229 g/mol. The topological polar surface area (TPSA) is 26.0 Å². The van der Waals surface area contributed by atoms with E-state index in [0.717, 1.165) is 31.7 Å². The van der Waals surface area contributed by atoms with E-state index < -0.39 is 11.7 Å². The predicted octanol–water partition coefficient (Wildman–Crippen LogP) is 3.95. The van der Waals surface area contributed by atoms with Gasteiger partial charge in [-0.25, -0.2) is 0 Å². The third kappa shape index (κ3) is 2.01. The number of nitrogens with two attached hydrogens (primary N) is 1. The minimum absolute atomic E-state index is 0.0816. The fourth-order valence-electron chi connectivity index (χ4n) is 2.42. The Morgan fingerprint density at radius 2 is 1.75 bits per heavy atom. The Morgan fingerprint density at radius 3 is 2.31 bits per heavy atom. The summed E-state index contributed by atoms with van der Waals surface area (Å²) >= 11 is 0. The van der Waals surface area contributed by atoms with E-state index in [2.05, 4.69) is 0 Å². The molecule has 2 rings (SSSR count). The summed E-state index contributed by atoms with van der Waals surface area (Å²) in [7, 11) is 0. The van der Waals surface area contributed by atoms with Gasteiger partial charge in [0.1, 0.15) is 0 Å². The van der Waals surface area contributed by atoms with Crippen LogP contribution in [0.4, 0.5) is 18.9 Å². The van der Waals surface area contributed by atoms with Crippen LogP contribution in [-0.4, -0.2) is 0 Å². The number of para-hydroxylation sites is 1. The number of rotatable bonds is 1. The molecular formula is C12H14F3N. The SMILES string of the molecule is Nc1c(C2CCCC2)cccc1C(F)(F)F.